The van der Waals surface area contributed by atoms with Gasteiger partial charge in [-0.2, -0.15) is 0 Å². The summed E-state index contributed by atoms with van der Waals surface area (Å²) in [6, 6.07) is 85.3. The second-order valence-electron chi connectivity index (χ2n) is 16.4. The zero-order chi connectivity index (χ0) is 40.1. The molecule has 1 aliphatic heterocycles. The van der Waals surface area contributed by atoms with Crippen LogP contribution >= 0.6 is 0 Å². The Balaban J connectivity index is 1.05. The van der Waals surface area contributed by atoms with Crippen LogP contribution in [0.2, 0.25) is 0 Å². The summed E-state index contributed by atoms with van der Waals surface area (Å²) in [7, 11) is 0. The first-order chi connectivity index (χ1) is 30.3. The van der Waals surface area contributed by atoms with Crippen molar-refractivity contribution < 1.29 is 0 Å². The molecule has 1 aliphatic carbocycles. The molecule has 1 atom stereocenters. The van der Waals surface area contributed by atoms with Crippen LogP contribution < -0.4 is 4.90 Å². The third kappa shape index (κ3) is 4.79. The van der Waals surface area contributed by atoms with Crippen molar-refractivity contribution in [1.82, 2.24) is 4.57 Å². The number of benzene rings is 10. The molecule has 1 aromatic heterocycles. The van der Waals surface area contributed by atoms with Gasteiger partial charge in [0, 0.05) is 27.8 Å². The molecule has 0 radical (unpaired) electrons. The maximum Gasteiger partial charge on any atom is 0.0755 e. The third-order valence-electron chi connectivity index (χ3n) is 13.4. The molecule has 2 heterocycles. The van der Waals surface area contributed by atoms with E-state index in [0.29, 0.717) is 0 Å². The smallest absolute Gasteiger partial charge is 0.0755 e. The van der Waals surface area contributed by atoms with Crippen molar-refractivity contribution in [3.63, 3.8) is 0 Å². The zero-order valence-corrected chi connectivity index (χ0v) is 33.3. The molecule has 0 bridgehead atoms. The maximum absolute atomic E-state index is 2.52. The molecule has 284 valence electrons. The Morgan fingerprint density at radius 3 is 1.72 bits per heavy atom. The molecule has 2 nitrogen and oxygen atoms in total. The van der Waals surface area contributed by atoms with Crippen molar-refractivity contribution in [3.8, 4) is 39.1 Å². The summed E-state index contributed by atoms with van der Waals surface area (Å²) in [5, 5.41) is 5.08. The first kappa shape index (κ1) is 34.0. The highest BCUT2D eigenvalue weighted by Crippen LogP contribution is 2.61. The van der Waals surface area contributed by atoms with Crippen molar-refractivity contribution in [3.05, 3.63) is 253 Å². The minimum absolute atomic E-state index is 0.538. The Hall–Kier alpha value is -7.94. The van der Waals surface area contributed by atoms with Crippen LogP contribution in [0.4, 0.5) is 17.1 Å². The number of hydrogen-bond acceptors (Lipinski definition) is 1. The van der Waals surface area contributed by atoms with Crippen LogP contribution in [0.1, 0.15) is 22.3 Å². The Morgan fingerprint density at radius 2 is 0.885 bits per heavy atom. The van der Waals surface area contributed by atoms with Gasteiger partial charge in [-0.05, 0) is 115 Å². The molecule has 2 aliphatic rings. The highest BCUT2D eigenvalue weighted by molar-refractivity contribution is 6.13. The van der Waals surface area contributed by atoms with E-state index in [1.807, 2.05) is 0 Å². The van der Waals surface area contributed by atoms with Crippen LogP contribution in [-0.4, -0.2) is 4.57 Å². The van der Waals surface area contributed by atoms with Crippen molar-refractivity contribution in [2.45, 2.75) is 5.41 Å². The lowest BCUT2D eigenvalue weighted by Crippen LogP contribution is -2.33. The van der Waals surface area contributed by atoms with Gasteiger partial charge in [-0.3, -0.25) is 0 Å². The van der Waals surface area contributed by atoms with Crippen molar-refractivity contribution in [1.29, 1.82) is 0 Å². The summed E-state index contributed by atoms with van der Waals surface area (Å²) in [4.78, 5) is 2.44. The van der Waals surface area contributed by atoms with Crippen LogP contribution in [0.15, 0.2) is 231 Å². The van der Waals surface area contributed by atoms with Gasteiger partial charge in [0.2, 0.25) is 0 Å². The molecule has 10 aromatic carbocycles. The molecule has 0 saturated carbocycles. The lowest BCUT2D eigenvalue weighted by atomic mass is 9.65. The number of fused-ring (bicyclic) bond motifs is 13. The molecule has 61 heavy (non-hydrogen) atoms. The lowest BCUT2D eigenvalue weighted by Gasteiger charge is -2.40. The van der Waals surface area contributed by atoms with Crippen LogP contribution in [0.5, 0.6) is 0 Å². The number of para-hydroxylation sites is 3. The van der Waals surface area contributed by atoms with Crippen molar-refractivity contribution in [2.24, 2.45) is 0 Å². The molecular formula is C59H38N2. The predicted octanol–water partition coefficient (Wildman–Crippen LogP) is 15.4. The first-order valence-electron chi connectivity index (χ1n) is 21.2. The number of nitrogens with zero attached hydrogens (tertiary/aromatic N) is 2. The van der Waals surface area contributed by atoms with E-state index in [1.54, 1.807) is 0 Å². The Kier molecular flexibility index (Phi) is 7.26. The molecular weight excluding hydrogens is 737 g/mol. The van der Waals surface area contributed by atoms with E-state index < -0.39 is 5.41 Å². The van der Waals surface area contributed by atoms with Gasteiger partial charge < -0.3 is 9.47 Å². The van der Waals surface area contributed by atoms with Crippen LogP contribution in [0.25, 0.3) is 71.6 Å². The SMILES string of the molecule is c1ccc(-c2ccc(N(c3ccc(-c4cccc5ccccc45)cc3)c3ccc4c(c3)C3(c5ccccc5-4)c4ccccc4-n4c5ccccc5c5cccc3c54)cc2)cc1. The first-order valence-corrected chi connectivity index (χ1v) is 21.2. The van der Waals surface area contributed by atoms with Crippen molar-refractivity contribution >= 4 is 49.6 Å². The summed E-state index contributed by atoms with van der Waals surface area (Å²) in [6.45, 7) is 0. The fourth-order valence-corrected chi connectivity index (χ4v) is 10.8. The highest BCUT2D eigenvalue weighted by Gasteiger charge is 2.51. The minimum atomic E-state index is -0.538. The van der Waals surface area contributed by atoms with Crippen LogP contribution in [-0.2, 0) is 5.41 Å². The molecule has 1 unspecified atom stereocenters. The summed E-state index contributed by atoms with van der Waals surface area (Å²) >= 11 is 0. The van der Waals surface area contributed by atoms with E-state index in [2.05, 4.69) is 240 Å². The quantitative estimate of drug-likeness (QED) is 0.169. The Bertz CT molecular complexity index is 3520. The molecule has 0 saturated heterocycles. The van der Waals surface area contributed by atoms with Crippen LogP contribution in [0, 0.1) is 0 Å². The monoisotopic (exact) mass is 774 g/mol. The number of aromatic nitrogens is 1. The fourth-order valence-electron chi connectivity index (χ4n) is 10.8. The second-order valence-corrected chi connectivity index (χ2v) is 16.4. The van der Waals surface area contributed by atoms with Gasteiger partial charge in [-0.1, -0.05) is 182 Å². The number of rotatable bonds is 5. The maximum atomic E-state index is 2.52. The third-order valence-corrected chi connectivity index (χ3v) is 13.4. The number of hydrogen-bond donors (Lipinski definition) is 0. The van der Waals surface area contributed by atoms with Crippen molar-refractivity contribution in [2.75, 3.05) is 4.90 Å². The topological polar surface area (TPSA) is 8.17 Å². The average molecular weight is 775 g/mol. The van der Waals surface area contributed by atoms with Gasteiger partial charge in [-0.15, -0.1) is 0 Å². The predicted molar refractivity (Wildman–Crippen MR) is 255 cm³/mol. The summed E-state index contributed by atoms with van der Waals surface area (Å²) < 4.78 is 2.52. The van der Waals surface area contributed by atoms with Gasteiger partial charge in [0.15, 0.2) is 0 Å². The van der Waals surface area contributed by atoms with Gasteiger partial charge in [0.1, 0.15) is 0 Å². The summed E-state index contributed by atoms with van der Waals surface area (Å²) in [5.74, 6) is 0. The summed E-state index contributed by atoms with van der Waals surface area (Å²) in [5.41, 5.74) is 19.2. The lowest BCUT2D eigenvalue weighted by molar-refractivity contribution is 0.748. The normalized spacial score (nSPS) is 14.6. The minimum Gasteiger partial charge on any atom is -0.310 e. The Labute approximate surface area is 354 Å². The van der Waals surface area contributed by atoms with E-state index in [-0.39, 0.29) is 0 Å². The summed E-state index contributed by atoms with van der Waals surface area (Å²) in [6.07, 6.45) is 0. The van der Waals surface area contributed by atoms with Gasteiger partial charge in [-0.25, -0.2) is 0 Å². The van der Waals surface area contributed by atoms with E-state index in [0.717, 1.165) is 17.1 Å². The van der Waals surface area contributed by atoms with Crippen LogP contribution in [0.3, 0.4) is 0 Å². The van der Waals surface area contributed by atoms with E-state index in [4.69, 9.17) is 0 Å². The molecule has 1 spiro atoms. The molecule has 11 aromatic rings. The molecule has 13 rings (SSSR count). The van der Waals surface area contributed by atoms with E-state index in [9.17, 15) is 0 Å². The van der Waals surface area contributed by atoms with Gasteiger partial charge in [0.05, 0.1) is 22.1 Å². The van der Waals surface area contributed by atoms with E-state index >= 15 is 0 Å². The second kappa shape index (κ2) is 13.0. The fraction of sp³-hybridized carbons (Fsp3) is 0.0169. The molecule has 0 fully saturated rings. The largest absolute Gasteiger partial charge is 0.310 e. The molecule has 0 amide bonds. The molecule has 0 N–H and O–H groups in total. The average Bonchev–Trinajstić information content (AvgIpc) is 3.83. The standard InChI is InChI=1S/C59H38N2/c1-2-14-39(15-3-1)40-28-32-43(33-29-40)60(44-34-30-42(31-35-44)47-21-12-17-41-16-4-5-18-46(41)47)45-36-37-49-48-19-6-8-23-52(48)59(55(49)38-45)53-24-9-11-27-57(53)61-56-26-10-7-20-50(56)51-22-13-25-54(59)58(51)61/h1-38H. The number of anilines is 3. The van der Waals surface area contributed by atoms with Gasteiger partial charge in [0.25, 0.3) is 0 Å². The zero-order valence-electron chi connectivity index (χ0n) is 33.3. The van der Waals surface area contributed by atoms with Gasteiger partial charge >= 0.3 is 0 Å². The van der Waals surface area contributed by atoms with E-state index in [1.165, 1.54) is 93.9 Å². The molecule has 2 heteroatoms. The Morgan fingerprint density at radius 1 is 0.328 bits per heavy atom. The highest BCUT2D eigenvalue weighted by atomic mass is 15.1.